The molecule has 0 radical (unpaired) electrons. The minimum Gasteiger partial charge on any atom is -0.489 e. The van der Waals surface area contributed by atoms with Gasteiger partial charge in [0.1, 0.15) is 29.3 Å². The minimum atomic E-state index is -0.659. The highest BCUT2D eigenvalue weighted by atomic mass is 16.5. The number of hydrogen-bond donors (Lipinski definition) is 4. The summed E-state index contributed by atoms with van der Waals surface area (Å²) in [5.41, 5.74) is 16.0. The summed E-state index contributed by atoms with van der Waals surface area (Å²) < 4.78 is 18.2. The number of carbonyl (C=O) groups excluding carboxylic acids is 4. The first-order valence-electron chi connectivity index (χ1n) is 17.9. The number of anilines is 2. The van der Waals surface area contributed by atoms with Crippen molar-refractivity contribution in [3.8, 4) is 5.75 Å². The topological polar surface area (TPSA) is 234 Å². The average molecular weight is 753 g/mol. The van der Waals surface area contributed by atoms with Gasteiger partial charge >= 0.3 is 0 Å². The van der Waals surface area contributed by atoms with Crippen LogP contribution in [-0.2, 0) is 30.9 Å². The first kappa shape index (κ1) is 38.2. The Bertz CT molecular complexity index is 2420. The van der Waals surface area contributed by atoms with Gasteiger partial charge in [-0.15, -0.1) is 0 Å². The summed E-state index contributed by atoms with van der Waals surface area (Å²) in [5.74, 6) is -1.16. The van der Waals surface area contributed by atoms with Crippen LogP contribution in [0.3, 0.4) is 0 Å². The van der Waals surface area contributed by atoms with Gasteiger partial charge in [-0.25, -0.2) is 9.97 Å². The molecule has 4 heterocycles. The van der Waals surface area contributed by atoms with E-state index in [9.17, 15) is 19.2 Å². The molecule has 55 heavy (non-hydrogen) atoms. The summed E-state index contributed by atoms with van der Waals surface area (Å²) >= 11 is 0. The van der Waals surface area contributed by atoms with E-state index in [2.05, 4.69) is 25.8 Å². The quantitative estimate of drug-likeness (QED) is 0.0988. The Morgan fingerprint density at radius 1 is 0.709 bits per heavy atom. The summed E-state index contributed by atoms with van der Waals surface area (Å²) in [5, 5.41) is 14.7. The van der Waals surface area contributed by atoms with Gasteiger partial charge in [-0.2, -0.15) is 10.2 Å². The van der Waals surface area contributed by atoms with Crippen molar-refractivity contribution in [1.29, 1.82) is 0 Å². The third-order valence-corrected chi connectivity index (χ3v) is 9.00. The molecule has 0 bridgehead atoms. The molecule has 288 valence electrons. The minimum absolute atomic E-state index is 0.188. The summed E-state index contributed by atoms with van der Waals surface area (Å²) in [4.78, 5) is 60.8. The Hall–Kier alpha value is -6.56. The van der Waals surface area contributed by atoms with Crippen LogP contribution in [0.4, 0.5) is 11.9 Å². The van der Waals surface area contributed by atoms with E-state index in [4.69, 9.17) is 25.9 Å². The molecule has 0 aliphatic rings. The third-order valence-electron chi connectivity index (χ3n) is 9.00. The second kappa shape index (κ2) is 16.2. The van der Waals surface area contributed by atoms with Gasteiger partial charge in [-0.05, 0) is 83.0 Å². The van der Waals surface area contributed by atoms with E-state index in [-0.39, 0.29) is 29.6 Å². The van der Waals surface area contributed by atoms with Crippen LogP contribution in [0, 0.1) is 13.8 Å². The summed E-state index contributed by atoms with van der Waals surface area (Å²) in [6.45, 7) is 9.68. The van der Waals surface area contributed by atoms with Crippen molar-refractivity contribution in [1.82, 2.24) is 38.7 Å². The second-order valence-electron chi connectivity index (χ2n) is 12.9. The molecule has 0 unspecified atom stereocenters. The Balaban J connectivity index is 1.33. The summed E-state index contributed by atoms with van der Waals surface area (Å²) in [6.07, 6.45) is 1.13. The maximum absolute atomic E-state index is 13.6. The van der Waals surface area contributed by atoms with Crippen molar-refractivity contribution in [2.75, 3.05) is 31.0 Å². The Labute approximate surface area is 315 Å². The maximum atomic E-state index is 13.6. The Kier molecular flexibility index (Phi) is 11.3. The number of rotatable bonds is 17. The standard InChI is InChI=1S/C37H44N12O6/c1-6-48-28(16-21(3)44-48)34(52)42-36-40-25-18-23(32(38)50)10-11-27(25)46(36)12-8-9-13-47-31-26(19-24(33(39)51)20-30(31)55-15-14-54-5)41-37(47)43-35(53)29-17-22(4)45-49(29)7-2/h10-11,16-20H,6-9,12-15H2,1-5H3,(H2,38,50)(H2,39,51)(H,40,42,52)(H,41,43,53). The zero-order chi connectivity index (χ0) is 39.4. The number of aromatic nitrogens is 8. The van der Waals surface area contributed by atoms with Crippen LogP contribution in [0.5, 0.6) is 5.75 Å². The first-order valence-corrected chi connectivity index (χ1v) is 17.9. The molecular formula is C37H44N12O6. The van der Waals surface area contributed by atoms with Gasteiger partial charge in [0.05, 0.1) is 34.5 Å². The molecule has 4 amide bonds. The molecule has 6 aromatic rings. The van der Waals surface area contributed by atoms with Crippen molar-refractivity contribution in [3.05, 3.63) is 76.4 Å². The molecule has 2 aromatic carbocycles. The number of nitrogens with one attached hydrogen (secondary N) is 2. The number of unbranched alkanes of at least 4 members (excludes halogenated alkanes) is 1. The highest BCUT2D eigenvalue weighted by molar-refractivity contribution is 6.05. The van der Waals surface area contributed by atoms with Crippen LogP contribution in [0.25, 0.3) is 22.1 Å². The zero-order valence-electron chi connectivity index (χ0n) is 31.4. The van der Waals surface area contributed by atoms with Gasteiger partial charge in [0.15, 0.2) is 0 Å². The van der Waals surface area contributed by atoms with Crippen molar-refractivity contribution in [3.63, 3.8) is 0 Å². The zero-order valence-corrected chi connectivity index (χ0v) is 31.4. The van der Waals surface area contributed by atoms with E-state index in [0.717, 1.165) is 0 Å². The molecule has 0 atom stereocenters. The van der Waals surface area contributed by atoms with Crippen molar-refractivity contribution in [2.45, 2.75) is 66.7 Å². The normalized spacial score (nSPS) is 11.4. The molecule has 18 nitrogen and oxygen atoms in total. The number of fused-ring (bicyclic) bond motifs is 2. The lowest BCUT2D eigenvalue weighted by molar-refractivity contribution is 0.0991. The average Bonchev–Trinajstić information content (AvgIpc) is 3.92. The number of amides is 4. The van der Waals surface area contributed by atoms with Gasteiger partial charge in [-0.3, -0.25) is 39.2 Å². The number of imidazole rings is 2. The smallest absolute Gasteiger partial charge is 0.276 e. The van der Waals surface area contributed by atoms with Gasteiger partial charge in [0.2, 0.25) is 23.7 Å². The lowest BCUT2D eigenvalue weighted by atomic mass is 10.1. The van der Waals surface area contributed by atoms with Gasteiger partial charge in [0, 0.05) is 44.4 Å². The number of nitrogens with two attached hydrogens (primary N) is 2. The number of nitrogens with zero attached hydrogens (tertiary/aromatic N) is 8. The van der Waals surface area contributed by atoms with Crippen LogP contribution in [0.15, 0.2) is 42.5 Å². The number of aryl methyl sites for hydroxylation is 6. The molecule has 18 heteroatoms. The van der Waals surface area contributed by atoms with Gasteiger partial charge < -0.3 is 30.1 Å². The van der Waals surface area contributed by atoms with Gasteiger partial charge in [0.25, 0.3) is 11.8 Å². The monoisotopic (exact) mass is 752 g/mol. The van der Waals surface area contributed by atoms with Crippen LogP contribution in [-0.4, -0.2) is 82.6 Å². The highest BCUT2D eigenvalue weighted by Gasteiger charge is 2.23. The lowest BCUT2D eigenvalue weighted by Crippen LogP contribution is -2.20. The van der Waals surface area contributed by atoms with Crippen LogP contribution >= 0.6 is 0 Å². The molecule has 0 saturated carbocycles. The van der Waals surface area contributed by atoms with Crippen molar-refractivity contribution >= 4 is 57.6 Å². The van der Waals surface area contributed by atoms with E-state index in [0.29, 0.717) is 102 Å². The maximum Gasteiger partial charge on any atom is 0.276 e. The number of hydrogen-bond acceptors (Lipinski definition) is 10. The molecule has 6 N–H and O–H groups in total. The van der Waals surface area contributed by atoms with Crippen molar-refractivity contribution < 1.29 is 28.7 Å². The number of carbonyl (C=O) groups is 4. The number of methoxy groups -OCH3 is 1. The Morgan fingerprint density at radius 3 is 1.82 bits per heavy atom. The predicted octanol–water partition coefficient (Wildman–Crippen LogP) is 3.64. The lowest BCUT2D eigenvalue weighted by Gasteiger charge is -2.15. The Morgan fingerprint density at radius 2 is 1.25 bits per heavy atom. The molecule has 0 aliphatic carbocycles. The summed E-state index contributed by atoms with van der Waals surface area (Å²) in [7, 11) is 1.55. The van der Waals surface area contributed by atoms with Gasteiger partial charge in [-0.1, -0.05) is 0 Å². The highest BCUT2D eigenvalue weighted by Crippen LogP contribution is 2.32. The van der Waals surface area contributed by atoms with Crippen LogP contribution < -0.4 is 26.8 Å². The van der Waals surface area contributed by atoms with E-state index in [1.807, 2.05) is 36.8 Å². The molecule has 4 aromatic heterocycles. The van der Waals surface area contributed by atoms with Crippen molar-refractivity contribution in [2.24, 2.45) is 11.5 Å². The number of ether oxygens (including phenoxy) is 2. The summed E-state index contributed by atoms with van der Waals surface area (Å²) in [6, 6.07) is 11.5. The predicted molar refractivity (Wildman–Crippen MR) is 204 cm³/mol. The third kappa shape index (κ3) is 8.03. The van der Waals surface area contributed by atoms with E-state index >= 15 is 0 Å². The number of benzene rings is 2. The van der Waals surface area contributed by atoms with E-state index in [1.165, 1.54) is 0 Å². The van der Waals surface area contributed by atoms with Crippen LogP contribution in [0.1, 0.15) is 79.8 Å². The molecular weight excluding hydrogens is 708 g/mol. The molecule has 0 saturated heterocycles. The first-order chi connectivity index (χ1) is 26.4. The fraction of sp³-hybridized carbons (Fsp3) is 0.351. The van der Waals surface area contributed by atoms with E-state index in [1.54, 1.807) is 58.9 Å². The molecule has 0 fully saturated rings. The molecule has 0 spiro atoms. The second-order valence-corrected chi connectivity index (χ2v) is 12.9. The molecule has 6 rings (SSSR count). The fourth-order valence-electron chi connectivity index (χ4n) is 6.44. The number of primary amides is 2. The largest absolute Gasteiger partial charge is 0.489 e. The van der Waals surface area contributed by atoms with Crippen LogP contribution in [0.2, 0.25) is 0 Å². The molecule has 0 aliphatic heterocycles. The SMILES string of the molecule is CCn1nc(C)cc1C(=O)Nc1nc2cc(C(N)=O)ccc2n1CCCCn1c(NC(=O)c2cc(C)nn2CC)nc2cc(C(N)=O)cc(OCCOC)c21. The fourth-order valence-corrected chi connectivity index (χ4v) is 6.44. The van der Waals surface area contributed by atoms with E-state index < -0.39 is 17.7 Å².